The molecule has 17 heavy (non-hydrogen) atoms. The molecule has 1 aliphatic heterocycles. The molecule has 1 heterocycles. The minimum atomic E-state index is 0.212. The smallest absolute Gasteiger partial charge is 0.236 e. The Morgan fingerprint density at radius 1 is 1.47 bits per heavy atom. The van der Waals surface area contributed by atoms with Crippen molar-refractivity contribution in [3.8, 4) is 0 Å². The first kappa shape index (κ1) is 12.2. The van der Waals surface area contributed by atoms with Crippen LogP contribution in [0.3, 0.4) is 0 Å². The van der Waals surface area contributed by atoms with Crippen molar-refractivity contribution in [3.05, 3.63) is 42.5 Å². The average molecular weight is 247 g/mol. The second-order valence-corrected chi connectivity index (χ2v) is 5.11. The van der Waals surface area contributed by atoms with Crippen molar-refractivity contribution in [1.82, 2.24) is 0 Å². The van der Waals surface area contributed by atoms with Crippen molar-refractivity contribution in [3.63, 3.8) is 0 Å². The highest BCUT2D eigenvalue weighted by Gasteiger charge is 2.21. The van der Waals surface area contributed by atoms with Gasteiger partial charge in [-0.3, -0.25) is 4.79 Å². The monoisotopic (exact) mass is 247 g/mol. The topological polar surface area (TPSA) is 20.3 Å². The van der Waals surface area contributed by atoms with Gasteiger partial charge in [-0.05, 0) is 24.5 Å². The van der Waals surface area contributed by atoms with E-state index in [2.05, 4.69) is 12.6 Å². The van der Waals surface area contributed by atoms with Crippen LogP contribution in [0.25, 0.3) is 0 Å². The van der Waals surface area contributed by atoms with Crippen molar-refractivity contribution in [2.75, 3.05) is 23.0 Å². The highest BCUT2D eigenvalue weighted by Crippen LogP contribution is 2.27. The van der Waals surface area contributed by atoms with E-state index in [1.165, 1.54) is 5.56 Å². The number of hydrogen-bond donors (Lipinski definition) is 0. The minimum absolute atomic E-state index is 0.212. The van der Waals surface area contributed by atoms with E-state index in [0.29, 0.717) is 5.75 Å². The molecule has 1 aromatic carbocycles. The predicted molar refractivity (Wildman–Crippen MR) is 74.6 cm³/mol. The van der Waals surface area contributed by atoms with Crippen LogP contribution in [0.5, 0.6) is 0 Å². The molecule has 0 aromatic heterocycles. The Morgan fingerprint density at radius 3 is 3.12 bits per heavy atom. The molecule has 3 heteroatoms. The zero-order chi connectivity index (χ0) is 12.1. The molecule has 0 N–H and O–H groups in total. The van der Waals surface area contributed by atoms with Crippen LogP contribution >= 0.6 is 11.8 Å². The van der Waals surface area contributed by atoms with Crippen molar-refractivity contribution in [1.29, 1.82) is 0 Å². The van der Waals surface area contributed by atoms with Gasteiger partial charge in [0.2, 0.25) is 5.91 Å². The normalized spacial score (nSPS) is 14.2. The van der Waals surface area contributed by atoms with Gasteiger partial charge in [0, 0.05) is 18.0 Å². The maximum atomic E-state index is 12.1. The Balaban J connectivity index is 2.07. The Bertz CT molecular complexity index is 416. The largest absolute Gasteiger partial charge is 0.311 e. The van der Waals surface area contributed by atoms with E-state index in [-0.39, 0.29) is 5.91 Å². The van der Waals surface area contributed by atoms with Crippen LogP contribution in [-0.2, 0) is 11.2 Å². The molecular formula is C14H17NOS. The van der Waals surface area contributed by atoms with Crippen LogP contribution in [0.4, 0.5) is 5.69 Å². The summed E-state index contributed by atoms with van der Waals surface area (Å²) in [6, 6.07) is 8.21. The van der Waals surface area contributed by atoms with Crippen molar-refractivity contribution in [2.24, 2.45) is 0 Å². The first-order valence-electron chi connectivity index (χ1n) is 5.90. The molecule has 0 spiro atoms. The molecule has 1 aliphatic rings. The number of carbonyl (C=O) groups is 1. The Morgan fingerprint density at radius 2 is 2.29 bits per heavy atom. The zero-order valence-electron chi connectivity index (χ0n) is 9.89. The molecule has 0 aliphatic carbocycles. The van der Waals surface area contributed by atoms with E-state index in [1.807, 2.05) is 29.2 Å². The van der Waals surface area contributed by atoms with E-state index >= 15 is 0 Å². The number of rotatable bonds is 4. The summed E-state index contributed by atoms with van der Waals surface area (Å²) in [6.07, 6.45) is 3.98. The van der Waals surface area contributed by atoms with Gasteiger partial charge in [0.25, 0.3) is 0 Å². The lowest BCUT2D eigenvalue weighted by molar-refractivity contribution is -0.116. The third kappa shape index (κ3) is 2.91. The van der Waals surface area contributed by atoms with Crippen LogP contribution in [0.15, 0.2) is 36.9 Å². The summed E-state index contributed by atoms with van der Waals surface area (Å²) >= 11 is 1.62. The molecular weight excluding hydrogens is 230 g/mol. The zero-order valence-corrected chi connectivity index (χ0v) is 10.7. The van der Waals surface area contributed by atoms with Crippen molar-refractivity contribution < 1.29 is 4.79 Å². The fraction of sp³-hybridized carbons (Fsp3) is 0.357. The Labute approximate surface area is 107 Å². The Kier molecular flexibility index (Phi) is 4.26. The van der Waals surface area contributed by atoms with E-state index in [4.69, 9.17) is 0 Å². The van der Waals surface area contributed by atoms with Crippen LogP contribution in [0.1, 0.15) is 12.0 Å². The third-order valence-corrected chi connectivity index (χ3v) is 3.80. The highest BCUT2D eigenvalue weighted by atomic mass is 32.2. The lowest BCUT2D eigenvalue weighted by atomic mass is 10.0. The number of hydrogen-bond acceptors (Lipinski definition) is 2. The summed E-state index contributed by atoms with van der Waals surface area (Å²) in [5.74, 6) is 1.59. The third-order valence-electron chi connectivity index (χ3n) is 2.87. The fourth-order valence-corrected chi connectivity index (χ4v) is 2.72. The number of benzene rings is 1. The van der Waals surface area contributed by atoms with Gasteiger partial charge in [-0.1, -0.05) is 24.3 Å². The van der Waals surface area contributed by atoms with Crippen LogP contribution in [0.2, 0.25) is 0 Å². The minimum Gasteiger partial charge on any atom is -0.311 e. The molecule has 90 valence electrons. The van der Waals surface area contributed by atoms with Gasteiger partial charge < -0.3 is 4.90 Å². The quantitative estimate of drug-likeness (QED) is 0.602. The molecule has 0 atom stereocenters. The number of amides is 1. The Hall–Kier alpha value is -1.22. The van der Waals surface area contributed by atoms with Gasteiger partial charge in [-0.2, -0.15) is 0 Å². The first-order valence-corrected chi connectivity index (χ1v) is 7.05. The van der Waals surface area contributed by atoms with Gasteiger partial charge in [0.15, 0.2) is 0 Å². The van der Waals surface area contributed by atoms with E-state index < -0.39 is 0 Å². The number of aryl methyl sites for hydroxylation is 1. The maximum absolute atomic E-state index is 12.1. The SMILES string of the molecule is C=CCSCC(=O)N1CCCc2ccccc21. The number of fused-ring (bicyclic) bond motifs is 1. The van der Waals surface area contributed by atoms with Crippen LogP contribution in [-0.4, -0.2) is 24.0 Å². The molecule has 1 amide bonds. The molecule has 0 unspecified atom stereocenters. The van der Waals surface area contributed by atoms with Crippen molar-refractivity contribution >= 4 is 23.4 Å². The molecule has 0 saturated heterocycles. The van der Waals surface area contributed by atoms with E-state index in [0.717, 1.165) is 30.8 Å². The van der Waals surface area contributed by atoms with Gasteiger partial charge >= 0.3 is 0 Å². The molecule has 2 nitrogen and oxygen atoms in total. The number of thioether (sulfide) groups is 1. The van der Waals surface area contributed by atoms with Gasteiger partial charge in [0.1, 0.15) is 0 Å². The summed E-state index contributed by atoms with van der Waals surface area (Å²) in [7, 11) is 0. The molecule has 0 fully saturated rings. The summed E-state index contributed by atoms with van der Waals surface area (Å²) in [5.41, 5.74) is 2.39. The van der Waals surface area contributed by atoms with Crippen LogP contribution in [0, 0.1) is 0 Å². The molecule has 0 bridgehead atoms. The van der Waals surface area contributed by atoms with Crippen LogP contribution < -0.4 is 4.90 Å². The number of nitrogens with zero attached hydrogens (tertiary/aromatic N) is 1. The number of anilines is 1. The van der Waals surface area contributed by atoms with Gasteiger partial charge in [0.05, 0.1) is 5.75 Å². The van der Waals surface area contributed by atoms with E-state index in [1.54, 1.807) is 11.8 Å². The number of carbonyl (C=O) groups excluding carboxylic acids is 1. The second-order valence-electron chi connectivity index (χ2n) is 4.08. The summed E-state index contributed by atoms with van der Waals surface area (Å²) in [5, 5.41) is 0. The fourth-order valence-electron chi connectivity index (χ4n) is 2.10. The standard InChI is InChI=1S/C14H17NOS/c1-2-10-17-11-14(16)15-9-5-7-12-6-3-4-8-13(12)15/h2-4,6,8H,1,5,7,9-11H2. The molecule has 1 aromatic rings. The molecule has 0 radical (unpaired) electrons. The second kappa shape index (κ2) is 5.92. The van der Waals surface area contributed by atoms with Gasteiger partial charge in [-0.25, -0.2) is 0 Å². The summed E-state index contributed by atoms with van der Waals surface area (Å²) < 4.78 is 0. The number of para-hydroxylation sites is 1. The average Bonchev–Trinajstić information content (AvgIpc) is 2.38. The summed E-state index contributed by atoms with van der Waals surface area (Å²) in [4.78, 5) is 14.0. The van der Waals surface area contributed by atoms with Crippen molar-refractivity contribution in [2.45, 2.75) is 12.8 Å². The molecule has 0 saturated carbocycles. The van der Waals surface area contributed by atoms with E-state index in [9.17, 15) is 4.79 Å². The maximum Gasteiger partial charge on any atom is 0.236 e. The molecule has 2 rings (SSSR count). The summed E-state index contributed by atoms with van der Waals surface area (Å²) in [6.45, 7) is 4.51. The predicted octanol–water partition coefficient (Wildman–Crippen LogP) is 2.89. The highest BCUT2D eigenvalue weighted by molar-refractivity contribution is 8.00. The van der Waals surface area contributed by atoms with Gasteiger partial charge in [-0.15, -0.1) is 18.3 Å². The lowest BCUT2D eigenvalue weighted by Crippen LogP contribution is -2.36. The first-order chi connectivity index (χ1) is 8.33. The lowest BCUT2D eigenvalue weighted by Gasteiger charge is -2.29.